The second-order valence-electron chi connectivity index (χ2n) is 26.5. The zero-order valence-electron chi connectivity index (χ0n) is 65.3. The maximum Gasteiger partial charge on any atom is 0.472 e. The summed E-state index contributed by atoms with van der Waals surface area (Å²) in [6, 6.07) is 0. The first-order valence-corrected chi connectivity index (χ1v) is 43.4. The van der Waals surface area contributed by atoms with Crippen LogP contribution >= 0.6 is 15.6 Å². The van der Waals surface area contributed by atoms with Crippen LogP contribution in [-0.4, -0.2) is 95.9 Å². The fourth-order valence-corrected chi connectivity index (χ4v) is 11.9. The Hall–Kier alpha value is -5.09. The number of aliphatic hydroxyl groups is 2. The van der Waals surface area contributed by atoms with Crippen molar-refractivity contribution in [3.8, 4) is 0 Å². The molecule has 0 spiro atoms. The molecule has 0 fully saturated rings. The third-order valence-corrected chi connectivity index (χ3v) is 18.3. The van der Waals surface area contributed by atoms with Gasteiger partial charge in [0.25, 0.3) is 0 Å². The highest BCUT2D eigenvalue weighted by Gasteiger charge is 2.29. The number of ether oxygens (including phenoxy) is 3. The quantitative estimate of drug-likeness (QED) is 0.0146. The van der Waals surface area contributed by atoms with Crippen molar-refractivity contribution in [2.45, 2.75) is 322 Å². The highest BCUT2D eigenvalue weighted by molar-refractivity contribution is 7.47. The topological polar surface area (TPSA) is 231 Å². The average molecular weight is 1510 g/mol. The van der Waals surface area contributed by atoms with Gasteiger partial charge in [0.1, 0.15) is 25.4 Å². The Kier molecular flexibility index (Phi) is 74.7. The Morgan fingerprint density at radius 2 is 0.505 bits per heavy atom. The van der Waals surface area contributed by atoms with E-state index in [2.05, 4.69) is 191 Å². The molecule has 105 heavy (non-hydrogen) atoms. The second kappa shape index (κ2) is 78.5. The Bertz CT molecular complexity index is 2590. The Balaban J connectivity index is 4.64. The van der Waals surface area contributed by atoms with Gasteiger partial charge in [0.2, 0.25) is 0 Å². The lowest BCUT2D eigenvalue weighted by molar-refractivity contribution is -0.161. The molecule has 598 valence electrons. The fourth-order valence-electron chi connectivity index (χ4n) is 10.3. The van der Waals surface area contributed by atoms with Gasteiger partial charge in [-0.3, -0.25) is 32.5 Å². The lowest BCUT2D eigenvalue weighted by atomic mass is 10.0. The van der Waals surface area contributed by atoms with E-state index in [9.17, 15) is 43.5 Å². The lowest BCUT2D eigenvalue weighted by Gasteiger charge is -2.21. The van der Waals surface area contributed by atoms with E-state index in [0.717, 1.165) is 161 Å². The van der Waals surface area contributed by atoms with Crippen LogP contribution in [0.2, 0.25) is 0 Å². The highest BCUT2D eigenvalue weighted by Crippen LogP contribution is 2.45. The predicted octanol–water partition coefficient (Wildman–Crippen LogP) is 24.0. The van der Waals surface area contributed by atoms with Gasteiger partial charge in [0, 0.05) is 19.3 Å². The number of carbonyl (C=O) groups is 3. The van der Waals surface area contributed by atoms with Crippen LogP contribution in [0.3, 0.4) is 0 Å². The van der Waals surface area contributed by atoms with Crippen LogP contribution in [0.4, 0.5) is 0 Å². The number of hydrogen-bond donors (Lipinski definition) is 4. The Morgan fingerprint density at radius 1 is 0.276 bits per heavy atom. The van der Waals surface area contributed by atoms with Crippen LogP contribution in [0.5, 0.6) is 0 Å². The molecule has 0 amide bonds. The first kappa shape index (κ1) is 99.9. The van der Waals surface area contributed by atoms with E-state index in [1.54, 1.807) is 0 Å². The largest absolute Gasteiger partial charge is 0.472 e. The van der Waals surface area contributed by atoms with E-state index in [1.807, 2.05) is 0 Å². The standard InChI is InChI=1S/C87H144O16P2/c1-4-7-10-13-16-19-22-25-28-31-34-36-37-38-39-40-41-42-43-45-48-49-52-55-58-61-64-67-70-73-85(90)97-76-82(88)77-99-104(93,94)100-78-83(89)79-101-105(95,96)102-81-84(103-87(92)75-72-69-66-63-60-57-54-51-46-33-30-27-24-21-18-15-12-9-6-3)80-98-86(91)74-71-68-65-62-59-56-53-50-47-44-35-32-29-26-23-20-17-14-11-8-5-2/h8-9,11-12,16-21,25-30,34-36,38-39,44,46,50-51,53,57,60,82-84,88-89H,4-7,10,13-15,22-24,31-33,37,40-43,45,47-49,52,54-56,58-59,61-81H2,1-3H3,(H,93,94)(H,95,96)/b11-8-,12-9-,19-16-,20-17-,21-18-,28-25-,29-26-,30-27-,36-34-,39-38-,44-35-,51-46-,53-50-,60-57-. The van der Waals surface area contributed by atoms with Crippen molar-refractivity contribution in [3.05, 3.63) is 170 Å². The van der Waals surface area contributed by atoms with Crippen molar-refractivity contribution in [2.24, 2.45) is 0 Å². The molecular formula is C87H144O16P2. The summed E-state index contributed by atoms with van der Waals surface area (Å²) in [5, 5.41) is 20.7. The molecule has 0 saturated carbocycles. The molecule has 0 radical (unpaired) electrons. The number of esters is 3. The van der Waals surface area contributed by atoms with Crippen molar-refractivity contribution in [1.29, 1.82) is 0 Å². The SMILES string of the molecule is CC/C=C\C/C=C\C/C=C\C/C=C\C/C=C\CCCCCCCC(=O)OCC(COP(=O)(O)OCC(O)COP(=O)(O)OCC(O)COC(=O)CCCCCCCCCCCCCCC/C=C\C/C=C\C/C=C\C/C=C\CCCCC)OC(=O)CCCCC/C=C\C/C=C\C/C=C\C/C=C\C/C=C\CC. The second-order valence-corrected chi connectivity index (χ2v) is 29.4. The summed E-state index contributed by atoms with van der Waals surface area (Å²) < 4.78 is 61.2. The lowest BCUT2D eigenvalue weighted by Crippen LogP contribution is -2.30. The van der Waals surface area contributed by atoms with Crippen molar-refractivity contribution < 1.29 is 75.8 Å². The minimum Gasteiger partial charge on any atom is -0.463 e. The monoisotopic (exact) mass is 1510 g/mol. The van der Waals surface area contributed by atoms with Crippen LogP contribution in [0.1, 0.15) is 303 Å². The molecule has 0 aliphatic heterocycles. The van der Waals surface area contributed by atoms with Crippen LogP contribution in [0, 0.1) is 0 Å². The van der Waals surface area contributed by atoms with Crippen LogP contribution < -0.4 is 0 Å². The maximum absolute atomic E-state index is 13.0. The molecule has 0 saturated heterocycles. The zero-order chi connectivity index (χ0) is 76.6. The van der Waals surface area contributed by atoms with Crippen LogP contribution in [0.25, 0.3) is 0 Å². The van der Waals surface area contributed by atoms with E-state index < -0.39 is 91.5 Å². The van der Waals surface area contributed by atoms with Crippen molar-refractivity contribution in [3.63, 3.8) is 0 Å². The number of allylic oxidation sites excluding steroid dienone is 28. The highest BCUT2D eigenvalue weighted by atomic mass is 31.2. The molecular weight excluding hydrogens is 1360 g/mol. The summed E-state index contributed by atoms with van der Waals surface area (Å²) in [7, 11) is -9.82. The van der Waals surface area contributed by atoms with Crippen molar-refractivity contribution in [1.82, 2.24) is 0 Å². The van der Waals surface area contributed by atoms with Gasteiger partial charge in [0.15, 0.2) is 6.10 Å². The van der Waals surface area contributed by atoms with Crippen LogP contribution in [-0.2, 0) is 55.8 Å². The number of rotatable bonds is 75. The third kappa shape index (κ3) is 79.8. The minimum atomic E-state index is -4.95. The number of aliphatic hydroxyl groups excluding tert-OH is 2. The molecule has 0 heterocycles. The van der Waals surface area contributed by atoms with E-state index >= 15 is 0 Å². The number of hydrogen-bond acceptors (Lipinski definition) is 14. The van der Waals surface area contributed by atoms with Gasteiger partial charge in [-0.1, -0.05) is 300 Å². The Morgan fingerprint density at radius 3 is 0.810 bits per heavy atom. The van der Waals surface area contributed by atoms with E-state index in [0.29, 0.717) is 19.3 Å². The summed E-state index contributed by atoms with van der Waals surface area (Å²) in [5.41, 5.74) is 0. The number of phosphoric acid groups is 2. The molecule has 0 rings (SSSR count). The summed E-state index contributed by atoms with van der Waals surface area (Å²) in [6.07, 6.45) is 99.7. The van der Waals surface area contributed by atoms with Gasteiger partial charge < -0.3 is 34.2 Å². The van der Waals surface area contributed by atoms with E-state index in [-0.39, 0.29) is 19.3 Å². The minimum absolute atomic E-state index is 0.0543. The summed E-state index contributed by atoms with van der Waals surface area (Å²) in [6.45, 7) is 2.36. The summed E-state index contributed by atoms with van der Waals surface area (Å²) in [4.78, 5) is 58.7. The fraction of sp³-hybridized carbons (Fsp3) is 0.644. The van der Waals surface area contributed by atoms with Gasteiger partial charge in [-0.25, -0.2) is 9.13 Å². The molecule has 0 aromatic carbocycles. The summed E-state index contributed by atoms with van der Waals surface area (Å²) in [5.74, 6) is -1.64. The molecule has 5 atom stereocenters. The molecule has 0 aromatic heterocycles. The molecule has 0 bridgehead atoms. The van der Waals surface area contributed by atoms with Gasteiger partial charge in [-0.05, 0) is 154 Å². The average Bonchev–Trinajstić information content (AvgIpc) is 0.923. The number of phosphoric ester groups is 2. The predicted molar refractivity (Wildman–Crippen MR) is 435 cm³/mol. The molecule has 4 N–H and O–H groups in total. The van der Waals surface area contributed by atoms with Gasteiger partial charge in [0.05, 0.1) is 26.4 Å². The summed E-state index contributed by atoms with van der Waals surface area (Å²) >= 11 is 0. The normalized spacial score (nSPS) is 14.8. The molecule has 0 aliphatic rings. The molecule has 0 aliphatic carbocycles. The first-order valence-electron chi connectivity index (χ1n) is 40.4. The molecule has 0 aromatic rings. The molecule has 5 unspecified atom stereocenters. The number of unbranched alkanes of at least 4 members (excludes halogenated alkanes) is 24. The van der Waals surface area contributed by atoms with Gasteiger partial charge >= 0.3 is 33.6 Å². The van der Waals surface area contributed by atoms with Crippen molar-refractivity contribution >= 4 is 33.6 Å². The van der Waals surface area contributed by atoms with E-state index in [1.165, 1.54) is 83.5 Å². The maximum atomic E-state index is 13.0. The zero-order valence-corrected chi connectivity index (χ0v) is 67.1. The first-order chi connectivity index (χ1) is 51.2. The molecule has 16 nitrogen and oxygen atoms in total. The Labute approximate surface area is 637 Å². The van der Waals surface area contributed by atoms with Crippen molar-refractivity contribution in [2.75, 3.05) is 39.6 Å². The van der Waals surface area contributed by atoms with E-state index in [4.69, 9.17) is 32.3 Å². The third-order valence-electron chi connectivity index (χ3n) is 16.4. The van der Waals surface area contributed by atoms with Gasteiger partial charge in [-0.2, -0.15) is 0 Å². The number of carbonyl (C=O) groups excluding carboxylic acids is 3. The van der Waals surface area contributed by atoms with Crippen LogP contribution in [0.15, 0.2) is 170 Å². The smallest absolute Gasteiger partial charge is 0.463 e. The molecule has 18 heteroatoms. The van der Waals surface area contributed by atoms with Gasteiger partial charge in [-0.15, -0.1) is 0 Å².